The third-order valence-electron chi connectivity index (χ3n) is 2.07. The lowest BCUT2D eigenvalue weighted by molar-refractivity contribution is -0.118. The minimum Gasteiger partial charge on any atom is -0.384 e. The van der Waals surface area contributed by atoms with Gasteiger partial charge in [-0.25, -0.2) is 4.39 Å². The minimum absolute atomic E-state index is 0.163. The van der Waals surface area contributed by atoms with Crippen LogP contribution in [0.3, 0.4) is 0 Å². The largest absolute Gasteiger partial charge is 0.384 e. The van der Waals surface area contributed by atoms with Crippen LogP contribution in [-0.4, -0.2) is 17.6 Å². The summed E-state index contributed by atoms with van der Waals surface area (Å²) in [5, 5.41) is 11.3. The third-order valence-corrected chi connectivity index (χ3v) is 2.07. The molecule has 0 unspecified atom stereocenters. The summed E-state index contributed by atoms with van der Waals surface area (Å²) in [7, 11) is 0. The van der Waals surface area contributed by atoms with E-state index in [9.17, 15) is 9.18 Å². The molecule has 17 heavy (non-hydrogen) atoms. The molecule has 1 aromatic rings. The van der Waals surface area contributed by atoms with Gasteiger partial charge in [-0.3, -0.25) is 4.79 Å². The second-order valence-electron chi connectivity index (χ2n) is 3.79. The lowest BCUT2D eigenvalue weighted by Gasteiger charge is -2.09. The van der Waals surface area contributed by atoms with Gasteiger partial charge in [-0.05, 0) is 18.2 Å². The Labute approximate surface area is 99.7 Å². The number of hydrogen-bond donors (Lipinski definition) is 2. The molecule has 1 amide bonds. The Balaban J connectivity index is 3.02. The molecule has 1 rings (SSSR count). The van der Waals surface area contributed by atoms with Gasteiger partial charge in [0.25, 0.3) is 0 Å². The number of carbonyl (C=O) groups excluding carboxylic acids is 1. The number of aliphatic hydroxyl groups is 1. The first-order chi connectivity index (χ1) is 8.04. The Kier molecular flexibility index (Phi) is 4.68. The molecule has 0 aliphatic carbocycles. The summed E-state index contributed by atoms with van der Waals surface area (Å²) >= 11 is 0. The normalized spacial score (nSPS) is 9.71. The predicted octanol–water partition coefficient (Wildman–Crippen LogP) is 1.76. The quantitative estimate of drug-likeness (QED) is 0.767. The van der Waals surface area contributed by atoms with Gasteiger partial charge < -0.3 is 10.4 Å². The van der Waals surface area contributed by atoms with Crippen LogP contribution in [0, 0.1) is 23.6 Å². The number of halogens is 1. The summed E-state index contributed by atoms with van der Waals surface area (Å²) in [6.45, 7) is 3.21. The summed E-state index contributed by atoms with van der Waals surface area (Å²) in [5.74, 6) is 4.25. The van der Waals surface area contributed by atoms with Gasteiger partial charge in [0, 0.05) is 5.92 Å². The third kappa shape index (κ3) is 3.89. The molecule has 0 radical (unpaired) electrons. The van der Waals surface area contributed by atoms with Crippen LogP contribution in [0.25, 0.3) is 0 Å². The molecule has 0 heterocycles. The fourth-order valence-electron chi connectivity index (χ4n) is 1.14. The molecule has 1 aromatic carbocycles. The Hall–Kier alpha value is -1.86. The van der Waals surface area contributed by atoms with Crippen LogP contribution in [0.4, 0.5) is 10.1 Å². The standard InChI is InChI=1S/C13H14FNO2/c1-9(2)13(17)15-12-6-5-11(14)8-10(12)4-3-7-16/h5-6,8-9,16H,7H2,1-2H3,(H,15,17). The molecule has 0 fully saturated rings. The van der Waals surface area contributed by atoms with E-state index in [1.165, 1.54) is 18.2 Å². The van der Waals surface area contributed by atoms with Gasteiger partial charge in [0.2, 0.25) is 5.91 Å². The molecule has 90 valence electrons. The van der Waals surface area contributed by atoms with Gasteiger partial charge in [0.05, 0.1) is 11.3 Å². The average molecular weight is 235 g/mol. The van der Waals surface area contributed by atoms with E-state index < -0.39 is 5.82 Å². The highest BCUT2D eigenvalue weighted by Gasteiger charge is 2.09. The molecule has 0 saturated heterocycles. The number of carbonyl (C=O) groups is 1. The highest BCUT2D eigenvalue weighted by atomic mass is 19.1. The predicted molar refractivity (Wildman–Crippen MR) is 63.8 cm³/mol. The fraction of sp³-hybridized carbons (Fsp3) is 0.308. The molecule has 0 aromatic heterocycles. The number of amides is 1. The molecule has 3 nitrogen and oxygen atoms in total. The van der Waals surface area contributed by atoms with Crippen LogP contribution in [0.1, 0.15) is 19.4 Å². The van der Waals surface area contributed by atoms with E-state index >= 15 is 0 Å². The number of nitrogens with one attached hydrogen (secondary N) is 1. The maximum atomic E-state index is 13.0. The van der Waals surface area contributed by atoms with Gasteiger partial charge in [0.1, 0.15) is 12.4 Å². The Bertz CT molecular complexity index is 472. The molecule has 0 bridgehead atoms. The maximum Gasteiger partial charge on any atom is 0.226 e. The Morgan fingerprint density at radius 3 is 2.82 bits per heavy atom. The first kappa shape index (κ1) is 13.2. The molecular weight excluding hydrogens is 221 g/mol. The van der Waals surface area contributed by atoms with Crippen molar-refractivity contribution in [3.05, 3.63) is 29.6 Å². The first-order valence-electron chi connectivity index (χ1n) is 5.24. The van der Waals surface area contributed by atoms with Crippen molar-refractivity contribution in [2.24, 2.45) is 5.92 Å². The lowest BCUT2D eigenvalue weighted by Crippen LogP contribution is -2.18. The summed E-state index contributed by atoms with van der Waals surface area (Å²) in [6, 6.07) is 3.93. The monoisotopic (exact) mass is 235 g/mol. The van der Waals surface area contributed by atoms with E-state index in [2.05, 4.69) is 17.2 Å². The van der Waals surface area contributed by atoms with Gasteiger partial charge >= 0.3 is 0 Å². The highest BCUT2D eigenvalue weighted by Crippen LogP contribution is 2.16. The van der Waals surface area contributed by atoms with Crippen LogP contribution in [0.2, 0.25) is 0 Å². The summed E-state index contributed by atoms with van der Waals surface area (Å²) in [6.07, 6.45) is 0. The van der Waals surface area contributed by atoms with Crippen LogP contribution in [0.15, 0.2) is 18.2 Å². The number of anilines is 1. The van der Waals surface area contributed by atoms with E-state index in [0.717, 1.165) is 0 Å². The summed E-state index contributed by atoms with van der Waals surface area (Å²) in [5.41, 5.74) is 0.805. The van der Waals surface area contributed by atoms with E-state index in [1.807, 2.05) is 0 Å². The SMILES string of the molecule is CC(C)C(=O)Nc1ccc(F)cc1C#CCO. The van der Waals surface area contributed by atoms with Crippen molar-refractivity contribution in [1.29, 1.82) is 0 Å². The number of benzene rings is 1. The molecule has 0 spiro atoms. The van der Waals surface area contributed by atoms with Crippen molar-refractivity contribution in [3.63, 3.8) is 0 Å². The van der Waals surface area contributed by atoms with Gasteiger partial charge in [-0.2, -0.15) is 0 Å². The Morgan fingerprint density at radius 2 is 2.24 bits per heavy atom. The second kappa shape index (κ2) is 6.02. The van der Waals surface area contributed by atoms with Crippen LogP contribution in [0.5, 0.6) is 0 Å². The molecule has 2 N–H and O–H groups in total. The van der Waals surface area contributed by atoms with Crippen molar-refractivity contribution < 1.29 is 14.3 Å². The molecule has 4 heteroatoms. The van der Waals surface area contributed by atoms with Crippen molar-refractivity contribution >= 4 is 11.6 Å². The van der Waals surface area contributed by atoms with Crippen molar-refractivity contribution in [1.82, 2.24) is 0 Å². The van der Waals surface area contributed by atoms with E-state index in [1.54, 1.807) is 13.8 Å². The summed E-state index contributed by atoms with van der Waals surface area (Å²) in [4.78, 5) is 11.5. The molecule has 0 atom stereocenters. The van der Waals surface area contributed by atoms with Crippen molar-refractivity contribution in [2.45, 2.75) is 13.8 Å². The van der Waals surface area contributed by atoms with Gasteiger partial charge in [-0.1, -0.05) is 25.7 Å². The molecular formula is C13H14FNO2. The smallest absolute Gasteiger partial charge is 0.226 e. The highest BCUT2D eigenvalue weighted by molar-refractivity contribution is 5.93. The fourth-order valence-corrected chi connectivity index (χ4v) is 1.14. The zero-order chi connectivity index (χ0) is 12.8. The van der Waals surface area contributed by atoms with Gasteiger partial charge in [-0.15, -0.1) is 0 Å². The number of aliphatic hydroxyl groups excluding tert-OH is 1. The topological polar surface area (TPSA) is 49.3 Å². The second-order valence-corrected chi connectivity index (χ2v) is 3.79. The zero-order valence-electron chi connectivity index (χ0n) is 9.75. The van der Waals surface area contributed by atoms with Crippen molar-refractivity contribution in [3.8, 4) is 11.8 Å². The molecule has 0 aliphatic rings. The van der Waals surface area contributed by atoms with Crippen LogP contribution in [-0.2, 0) is 4.79 Å². The van der Waals surface area contributed by atoms with Gasteiger partial charge in [0.15, 0.2) is 0 Å². The number of rotatable bonds is 2. The average Bonchev–Trinajstić information content (AvgIpc) is 2.29. The summed E-state index contributed by atoms with van der Waals surface area (Å²) < 4.78 is 13.0. The lowest BCUT2D eigenvalue weighted by atomic mass is 10.1. The Morgan fingerprint density at radius 1 is 1.53 bits per heavy atom. The first-order valence-corrected chi connectivity index (χ1v) is 5.24. The van der Waals surface area contributed by atoms with Crippen LogP contribution < -0.4 is 5.32 Å². The molecule has 0 aliphatic heterocycles. The number of hydrogen-bond acceptors (Lipinski definition) is 2. The minimum atomic E-state index is -0.435. The van der Waals surface area contributed by atoms with E-state index in [-0.39, 0.29) is 18.4 Å². The van der Waals surface area contributed by atoms with Crippen molar-refractivity contribution in [2.75, 3.05) is 11.9 Å². The molecule has 0 saturated carbocycles. The zero-order valence-corrected chi connectivity index (χ0v) is 9.75. The maximum absolute atomic E-state index is 13.0. The van der Waals surface area contributed by atoms with E-state index in [0.29, 0.717) is 11.3 Å². The van der Waals surface area contributed by atoms with Crippen LogP contribution >= 0.6 is 0 Å². The van der Waals surface area contributed by atoms with E-state index in [4.69, 9.17) is 5.11 Å².